The summed E-state index contributed by atoms with van der Waals surface area (Å²) >= 11 is 1.25. The molecule has 0 unspecified atom stereocenters. The Bertz CT molecular complexity index is 748. The van der Waals surface area contributed by atoms with Gasteiger partial charge < -0.3 is 15.4 Å². The van der Waals surface area contributed by atoms with Gasteiger partial charge in [0.05, 0.1) is 11.3 Å². The highest BCUT2D eigenvalue weighted by Gasteiger charge is 2.18. The Labute approximate surface area is 180 Å². The van der Waals surface area contributed by atoms with Crippen molar-refractivity contribution in [3.05, 3.63) is 29.8 Å². The van der Waals surface area contributed by atoms with Crippen LogP contribution in [0.3, 0.4) is 0 Å². The van der Waals surface area contributed by atoms with Crippen LogP contribution >= 0.6 is 11.8 Å². The molecule has 0 bridgehead atoms. The molecule has 0 saturated heterocycles. The van der Waals surface area contributed by atoms with Gasteiger partial charge in [0.1, 0.15) is 0 Å². The second-order valence-corrected chi connectivity index (χ2v) is 8.11. The Morgan fingerprint density at radius 2 is 1.67 bits per heavy atom. The number of urea groups is 1. The minimum atomic E-state index is -0.730. The molecule has 0 radical (unpaired) electrons. The lowest BCUT2D eigenvalue weighted by Crippen LogP contribution is -2.39. The predicted molar refractivity (Wildman–Crippen MR) is 114 cm³/mol. The number of esters is 1. The number of hydrogen-bond donors (Lipinski definition) is 3. The number of nitrogens with one attached hydrogen (secondary N) is 3. The summed E-state index contributed by atoms with van der Waals surface area (Å²) in [6.07, 6.45) is 8.02. The minimum Gasteiger partial charge on any atom is -0.452 e. The lowest BCUT2D eigenvalue weighted by atomic mass is 9.97. The highest BCUT2D eigenvalue weighted by molar-refractivity contribution is 8.00. The van der Waals surface area contributed by atoms with Crippen LogP contribution < -0.4 is 16.0 Å². The number of ether oxygens (including phenoxy) is 1. The number of hydrogen-bond acceptors (Lipinski definition) is 6. The molecule has 9 heteroatoms. The average Bonchev–Trinajstić information content (AvgIpc) is 2.72. The van der Waals surface area contributed by atoms with Gasteiger partial charge in [0, 0.05) is 18.0 Å². The smallest absolute Gasteiger partial charge is 0.339 e. The summed E-state index contributed by atoms with van der Waals surface area (Å²) in [4.78, 5) is 48.0. The Kier molecular flexibility index (Phi) is 10.2. The summed E-state index contributed by atoms with van der Waals surface area (Å²) in [6.45, 7) is -0.576. The molecule has 8 nitrogen and oxygen atoms in total. The standard InChI is InChI=1S/C21H29N3O5S/c1-22-21(28)24-18(25)13-29-20(27)16-11-7-8-12-17(16)30-14-19(26)23-15-9-5-3-2-4-6-10-15/h7-8,11-12,15H,2-6,9-10,13-14H2,1H3,(H,23,26)(H2,22,24,25,28). The third-order valence-corrected chi connectivity index (χ3v) is 5.82. The van der Waals surface area contributed by atoms with Crippen molar-refractivity contribution in [2.45, 2.75) is 55.9 Å². The molecule has 0 aliphatic heterocycles. The number of amides is 4. The predicted octanol–water partition coefficient (Wildman–Crippen LogP) is 2.62. The fraction of sp³-hybridized carbons (Fsp3) is 0.524. The normalized spacial score (nSPS) is 14.7. The van der Waals surface area contributed by atoms with Crippen LogP contribution in [-0.2, 0) is 14.3 Å². The fourth-order valence-electron chi connectivity index (χ4n) is 3.21. The number of carbonyl (C=O) groups is 4. The van der Waals surface area contributed by atoms with E-state index in [1.165, 1.54) is 38.1 Å². The number of imide groups is 1. The van der Waals surface area contributed by atoms with E-state index in [4.69, 9.17) is 4.74 Å². The third-order valence-electron chi connectivity index (χ3n) is 4.75. The van der Waals surface area contributed by atoms with Gasteiger partial charge in [-0.25, -0.2) is 9.59 Å². The van der Waals surface area contributed by atoms with Crippen molar-refractivity contribution < 1.29 is 23.9 Å². The van der Waals surface area contributed by atoms with Gasteiger partial charge in [-0.1, -0.05) is 44.2 Å². The van der Waals surface area contributed by atoms with E-state index in [1.54, 1.807) is 24.3 Å². The maximum Gasteiger partial charge on any atom is 0.339 e. The molecule has 2 rings (SSSR count). The van der Waals surface area contributed by atoms with Crippen molar-refractivity contribution in [2.75, 3.05) is 19.4 Å². The van der Waals surface area contributed by atoms with Crippen molar-refractivity contribution in [3.8, 4) is 0 Å². The maximum atomic E-state index is 12.4. The molecule has 4 amide bonds. The summed E-state index contributed by atoms with van der Waals surface area (Å²) in [7, 11) is 1.37. The van der Waals surface area contributed by atoms with E-state index in [2.05, 4.69) is 10.6 Å². The van der Waals surface area contributed by atoms with Gasteiger partial charge in [-0.15, -0.1) is 11.8 Å². The van der Waals surface area contributed by atoms with Crippen molar-refractivity contribution >= 4 is 35.6 Å². The molecule has 1 aliphatic rings. The molecule has 0 aromatic heterocycles. The van der Waals surface area contributed by atoms with E-state index in [0.717, 1.165) is 25.7 Å². The quantitative estimate of drug-likeness (QED) is 0.448. The van der Waals surface area contributed by atoms with Crippen molar-refractivity contribution in [3.63, 3.8) is 0 Å². The SMILES string of the molecule is CNC(=O)NC(=O)COC(=O)c1ccccc1SCC(=O)NC1CCCCCCC1. The van der Waals surface area contributed by atoms with Gasteiger partial charge in [-0.2, -0.15) is 0 Å². The van der Waals surface area contributed by atoms with Gasteiger partial charge in [0.2, 0.25) is 5.91 Å². The monoisotopic (exact) mass is 435 g/mol. The van der Waals surface area contributed by atoms with Gasteiger partial charge >= 0.3 is 12.0 Å². The first kappa shape index (κ1) is 23.7. The van der Waals surface area contributed by atoms with Gasteiger partial charge in [0.15, 0.2) is 6.61 Å². The van der Waals surface area contributed by atoms with E-state index >= 15 is 0 Å². The van der Waals surface area contributed by atoms with Crippen LogP contribution in [0.5, 0.6) is 0 Å². The number of rotatable bonds is 7. The van der Waals surface area contributed by atoms with Gasteiger partial charge in [0.25, 0.3) is 5.91 Å². The molecule has 1 aromatic rings. The summed E-state index contributed by atoms with van der Waals surface area (Å²) < 4.78 is 4.99. The molecule has 1 fully saturated rings. The topological polar surface area (TPSA) is 114 Å². The van der Waals surface area contributed by atoms with Crippen LogP contribution in [0.15, 0.2) is 29.2 Å². The lowest BCUT2D eigenvalue weighted by Gasteiger charge is -2.21. The zero-order valence-electron chi connectivity index (χ0n) is 17.2. The van der Waals surface area contributed by atoms with Crippen molar-refractivity contribution in [1.82, 2.24) is 16.0 Å². The van der Waals surface area contributed by atoms with E-state index in [-0.39, 0.29) is 23.3 Å². The molecule has 164 valence electrons. The van der Waals surface area contributed by atoms with E-state index < -0.39 is 24.5 Å². The highest BCUT2D eigenvalue weighted by atomic mass is 32.2. The van der Waals surface area contributed by atoms with Crippen molar-refractivity contribution in [2.24, 2.45) is 0 Å². The first-order chi connectivity index (χ1) is 14.5. The Hall–Kier alpha value is -2.55. The molecule has 0 atom stereocenters. The van der Waals surface area contributed by atoms with Gasteiger partial charge in [-0.3, -0.25) is 14.9 Å². The van der Waals surface area contributed by atoms with E-state index in [1.807, 2.05) is 5.32 Å². The molecule has 1 aromatic carbocycles. The van der Waals surface area contributed by atoms with Crippen LogP contribution in [0, 0.1) is 0 Å². The maximum absolute atomic E-state index is 12.4. The number of benzene rings is 1. The molecular weight excluding hydrogens is 406 g/mol. The Morgan fingerprint density at radius 3 is 2.37 bits per heavy atom. The summed E-state index contributed by atoms with van der Waals surface area (Å²) in [6, 6.07) is 6.30. The van der Waals surface area contributed by atoms with Crippen LogP contribution in [-0.4, -0.2) is 49.3 Å². The lowest BCUT2D eigenvalue weighted by molar-refractivity contribution is -0.123. The van der Waals surface area contributed by atoms with Crippen LogP contribution in [0.2, 0.25) is 0 Å². The third kappa shape index (κ3) is 8.44. The van der Waals surface area contributed by atoms with Crippen LogP contribution in [0.25, 0.3) is 0 Å². The second-order valence-electron chi connectivity index (χ2n) is 7.10. The largest absolute Gasteiger partial charge is 0.452 e. The molecule has 1 saturated carbocycles. The van der Waals surface area contributed by atoms with E-state index in [0.29, 0.717) is 4.90 Å². The molecule has 0 heterocycles. The molecule has 30 heavy (non-hydrogen) atoms. The Balaban J connectivity index is 1.85. The Morgan fingerprint density at radius 1 is 1.00 bits per heavy atom. The summed E-state index contributed by atoms with van der Waals surface area (Å²) in [5.74, 6) is -1.28. The molecule has 3 N–H and O–H groups in total. The summed E-state index contributed by atoms with van der Waals surface area (Å²) in [5.41, 5.74) is 0.272. The first-order valence-corrected chi connectivity index (χ1v) is 11.2. The second kappa shape index (κ2) is 12.9. The number of thioether (sulfide) groups is 1. The highest BCUT2D eigenvalue weighted by Crippen LogP contribution is 2.24. The van der Waals surface area contributed by atoms with Crippen LogP contribution in [0.1, 0.15) is 55.3 Å². The average molecular weight is 436 g/mol. The fourth-order valence-corrected chi connectivity index (χ4v) is 4.06. The zero-order valence-corrected chi connectivity index (χ0v) is 18.0. The van der Waals surface area contributed by atoms with Gasteiger partial charge in [-0.05, 0) is 25.0 Å². The molecular formula is C21H29N3O5S. The van der Waals surface area contributed by atoms with Crippen LogP contribution in [0.4, 0.5) is 4.79 Å². The summed E-state index contributed by atoms with van der Waals surface area (Å²) in [5, 5.41) is 7.35. The molecule has 1 aliphatic carbocycles. The number of carbonyl (C=O) groups excluding carboxylic acids is 4. The van der Waals surface area contributed by atoms with E-state index in [9.17, 15) is 19.2 Å². The molecule has 0 spiro atoms. The first-order valence-electron chi connectivity index (χ1n) is 10.2. The van der Waals surface area contributed by atoms with Crippen molar-refractivity contribution in [1.29, 1.82) is 0 Å². The zero-order chi connectivity index (χ0) is 21.8. The minimum absolute atomic E-state index is 0.0568.